The molecule has 0 radical (unpaired) electrons. The lowest BCUT2D eigenvalue weighted by Crippen LogP contribution is -2.37. The van der Waals surface area contributed by atoms with Crippen molar-refractivity contribution < 1.29 is 36.9 Å². The average Bonchev–Trinajstić information content (AvgIpc) is 3.32. The summed E-state index contributed by atoms with van der Waals surface area (Å²) in [5, 5.41) is -0.506. The first-order chi connectivity index (χ1) is 13.9. The summed E-state index contributed by atoms with van der Waals surface area (Å²) in [4.78, 5) is 19.9. The highest BCUT2D eigenvalue weighted by Gasteiger charge is 2.44. The Morgan fingerprint density at radius 1 is 1.10 bits per heavy atom. The number of rotatable bonds is 3. The molecular formula is C18H13F3N2O5S. The van der Waals surface area contributed by atoms with Gasteiger partial charge in [0.2, 0.25) is 13.1 Å². The molecule has 3 aliphatic heterocycles. The van der Waals surface area contributed by atoms with Gasteiger partial charge in [0.05, 0.1) is 18.4 Å². The highest BCUT2D eigenvalue weighted by atomic mass is 32.2. The van der Waals surface area contributed by atoms with E-state index in [1.807, 2.05) is 0 Å². The molecule has 2 saturated heterocycles. The van der Waals surface area contributed by atoms with Crippen LogP contribution in [0.2, 0.25) is 0 Å². The number of hydrogen-bond donors (Lipinski definition) is 0. The summed E-state index contributed by atoms with van der Waals surface area (Å²) in [6.45, 7) is 0.264. The van der Waals surface area contributed by atoms with Gasteiger partial charge in [0.25, 0.3) is 0 Å². The van der Waals surface area contributed by atoms with Crippen molar-refractivity contribution in [3.05, 3.63) is 30.0 Å². The number of Topliss-reactive ketones (excluding diaryl/α,β-unsaturated/α-hetero) is 1. The number of halogens is 3. The predicted octanol–water partition coefficient (Wildman–Crippen LogP) is 3.07. The largest absolute Gasteiger partial charge is 0.454 e. The Morgan fingerprint density at radius 2 is 1.93 bits per heavy atom. The fourth-order valence-electron chi connectivity index (χ4n) is 3.29. The summed E-state index contributed by atoms with van der Waals surface area (Å²) in [7, 11) is 0. The van der Waals surface area contributed by atoms with E-state index in [2.05, 4.69) is 9.97 Å². The maximum absolute atomic E-state index is 13.4. The first kappa shape index (κ1) is 18.6. The smallest absolute Gasteiger partial charge is 0.433 e. The molecule has 3 atom stereocenters. The van der Waals surface area contributed by atoms with Crippen molar-refractivity contribution in [1.82, 2.24) is 9.97 Å². The molecule has 0 N–H and O–H groups in total. The molecule has 29 heavy (non-hydrogen) atoms. The van der Waals surface area contributed by atoms with Gasteiger partial charge in [-0.05, 0) is 24.3 Å². The number of ketones is 1. The van der Waals surface area contributed by atoms with Crippen LogP contribution < -0.4 is 9.47 Å². The summed E-state index contributed by atoms with van der Waals surface area (Å²) in [5.74, 6) is 0.714. The number of alkyl halides is 3. The minimum absolute atomic E-state index is 0.0532. The second-order valence-corrected chi connectivity index (χ2v) is 7.86. The van der Waals surface area contributed by atoms with Gasteiger partial charge in [-0.15, -0.1) is 0 Å². The zero-order valence-corrected chi connectivity index (χ0v) is 15.5. The SMILES string of the molecule is O=C1CC(Sc2nc(-c3ccc4c(c3)OCO4)cc(C(F)(F)F)n2)C2COC1O2. The van der Waals surface area contributed by atoms with Gasteiger partial charge in [0.15, 0.2) is 22.4 Å². The first-order valence-corrected chi connectivity index (χ1v) is 9.57. The van der Waals surface area contributed by atoms with Gasteiger partial charge in [0.1, 0.15) is 5.69 Å². The molecule has 7 nitrogen and oxygen atoms in total. The van der Waals surface area contributed by atoms with Crippen molar-refractivity contribution in [2.45, 2.75) is 35.4 Å². The Morgan fingerprint density at radius 3 is 2.76 bits per heavy atom. The number of ether oxygens (including phenoxy) is 4. The molecule has 3 aliphatic rings. The monoisotopic (exact) mass is 426 g/mol. The second-order valence-electron chi connectivity index (χ2n) is 6.65. The lowest BCUT2D eigenvalue weighted by Gasteiger charge is -2.25. The number of aromatic nitrogens is 2. The van der Waals surface area contributed by atoms with Gasteiger partial charge in [-0.3, -0.25) is 4.79 Å². The Labute approximate surface area is 166 Å². The molecule has 0 amide bonds. The van der Waals surface area contributed by atoms with Crippen LogP contribution >= 0.6 is 11.8 Å². The van der Waals surface area contributed by atoms with Gasteiger partial charge in [-0.25, -0.2) is 9.97 Å². The van der Waals surface area contributed by atoms with E-state index in [1.54, 1.807) is 18.2 Å². The van der Waals surface area contributed by atoms with E-state index in [0.29, 0.717) is 17.1 Å². The molecule has 5 rings (SSSR count). The third kappa shape index (κ3) is 3.53. The van der Waals surface area contributed by atoms with Crippen molar-refractivity contribution in [2.24, 2.45) is 0 Å². The van der Waals surface area contributed by atoms with Gasteiger partial charge in [0, 0.05) is 17.2 Å². The maximum Gasteiger partial charge on any atom is 0.433 e. The summed E-state index contributed by atoms with van der Waals surface area (Å²) in [6, 6.07) is 5.68. The fraction of sp³-hybridized carbons (Fsp3) is 0.389. The number of nitrogens with zero attached hydrogens (tertiary/aromatic N) is 2. The fourth-order valence-corrected chi connectivity index (χ4v) is 4.40. The number of benzene rings is 1. The first-order valence-electron chi connectivity index (χ1n) is 8.69. The second kappa shape index (κ2) is 6.85. The van der Waals surface area contributed by atoms with E-state index in [9.17, 15) is 18.0 Å². The Kier molecular flexibility index (Phi) is 4.41. The minimum Gasteiger partial charge on any atom is -0.454 e. The van der Waals surface area contributed by atoms with Crippen LogP contribution in [-0.2, 0) is 20.4 Å². The molecule has 3 unspecified atom stereocenters. The molecule has 1 aromatic carbocycles. The minimum atomic E-state index is -4.65. The maximum atomic E-state index is 13.4. The third-order valence-corrected chi connectivity index (χ3v) is 5.88. The number of hydrogen-bond acceptors (Lipinski definition) is 8. The molecule has 11 heteroatoms. The number of carbonyl (C=O) groups excluding carboxylic acids is 1. The summed E-state index contributed by atoms with van der Waals surface area (Å²) >= 11 is 0.988. The standard InChI is InChI=1S/C18H13F3N2O5S/c19-18(20,21)15-4-9(8-1-2-11-12(3-8)27-7-26-11)22-17(23-15)29-14-5-10(24)16-25-6-13(14)28-16/h1-4,13-14,16H,5-7H2. The number of carbonyl (C=O) groups is 1. The highest BCUT2D eigenvalue weighted by Crippen LogP contribution is 2.39. The number of thioether (sulfide) groups is 1. The van der Waals surface area contributed by atoms with E-state index in [0.717, 1.165) is 17.8 Å². The van der Waals surface area contributed by atoms with Crippen molar-refractivity contribution in [3.63, 3.8) is 0 Å². The van der Waals surface area contributed by atoms with Crippen LogP contribution in [-0.4, -0.2) is 46.8 Å². The van der Waals surface area contributed by atoms with E-state index < -0.39 is 29.5 Å². The molecule has 2 bridgehead atoms. The zero-order valence-electron chi connectivity index (χ0n) is 14.6. The van der Waals surface area contributed by atoms with Gasteiger partial charge in [-0.1, -0.05) is 11.8 Å². The Hall–Kier alpha value is -2.37. The zero-order chi connectivity index (χ0) is 20.2. The third-order valence-electron chi connectivity index (χ3n) is 4.71. The van der Waals surface area contributed by atoms with Gasteiger partial charge in [-0.2, -0.15) is 13.2 Å². The van der Waals surface area contributed by atoms with E-state index in [4.69, 9.17) is 18.9 Å². The molecular weight excluding hydrogens is 413 g/mol. The van der Waals surface area contributed by atoms with Crippen molar-refractivity contribution in [2.75, 3.05) is 13.4 Å². The van der Waals surface area contributed by atoms with E-state index in [-0.39, 0.29) is 36.5 Å². The lowest BCUT2D eigenvalue weighted by atomic mass is 10.1. The van der Waals surface area contributed by atoms with Crippen LogP contribution in [0, 0.1) is 0 Å². The van der Waals surface area contributed by atoms with Crippen LogP contribution in [0.4, 0.5) is 13.2 Å². The van der Waals surface area contributed by atoms with Crippen LogP contribution in [0.5, 0.6) is 11.5 Å². The highest BCUT2D eigenvalue weighted by molar-refractivity contribution is 7.99. The average molecular weight is 426 g/mol. The van der Waals surface area contributed by atoms with Crippen LogP contribution in [0.3, 0.4) is 0 Å². The van der Waals surface area contributed by atoms with Crippen molar-refractivity contribution in [1.29, 1.82) is 0 Å². The molecule has 2 aromatic rings. The molecule has 4 heterocycles. The predicted molar refractivity (Wildman–Crippen MR) is 92.5 cm³/mol. The number of fused-ring (bicyclic) bond motifs is 3. The molecule has 0 saturated carbocycles. The molecule has 0 spiro atoms. The molecule has 0 aliphatic carbocycles. The quantitative estimate of drug-likeness (QED) is 0.693. The normalized spacial score (nSPS) is 25.5. The van der Waals surface area contributed by atoms with Crippen molar-refractivity contribution in [3.8, 4) is 22.8 Å². The van der Waals surface area contributed by atoms with Crippen LogP contribution in [0.25, 0.3) is 11.3 Å². The topological polar surface area (TPSA) is 79.8 Å². The summed E-state index contributed by atoms with van der Waals surface area (Å²) in [5.41, 5.74) is -0.535. The molecule has 2 fully saturated rings. The molecule has 152 valence electrons. The van der Waals surface area contributed by atoms with Gasteiger partial charge < -0.3 is 18.9 Å². The summed E-state index contributed by atoms with van der Waals surface area (Å²) < 4.78 is 61.5. The van der Waals surface area contributed by atoms with E-state index in [1.165, 1.54) is 0 Å². The van der Waals surface area contributed by atoms with Gasteiger partial charge >= 0.3 is 6.18 Å². The lowest BCUT2D eigenvalue weighted by molar-refractivity contribution is -0.151. The Balaban J connectivity index is 1.50. The van der Waals surface area contributed by atoms with Crippen LogP contribution in [0.15, 0.2) is 29.4 Å². The van der Waals surface area contributed by atoms with Crippen LogP contribution in [0.1, 0.15) is 12.1 Å². The molecule has 1 aromatic heterocycles. The van der Waals surface area contributed by atoms with Crippen molar-refractivity contribution >= 4 is 17.5 Å². The van der Waals surface area contributed by atoms with E-state index >= 15 is 0 Å². The Bertz CT molecular complexity index is 986. The summed E-state index contributed by atoms with van der Waals surface area (Å²) in [6.07, 6.45) is -5.79.